The number of carboxylic acids is 1. The molecule has 1 saturated heterocycles. The Balaban J connectivity index is 3.03. The van der Waals surface area contributed by atoms with Gasteiger partial charge >= 0.3 is 12.1 Å². The summed E-state index contributed by atoms with van der Waals surface area (Å²) < 4.78 is 11.1. The molecule has 1 fully saturated rings. The first-order valence-electron chi connectivity index (χ1n) is 9.93. The Hall–Kier alpha value is -2.13. The first-order chi connectivity index (χ1) is 13.5. The monoisotopic (exact) mass is 414 g/mol. The highest BCUT2D eigenvalue weighted by molar-refractivity contribution is 5.90. The number of alkyl carbamates (subject to hydrolysis) is 1. The Kier molecular flexibility index (Phi) is 9.58. The van der Waals surface area contributed by atoms with Crippen LogP contribution in [-0.2, 0) is 19.1 Å². The number of aliphatic carboxylic acids is 1. The molecule has 166 valence electrons. The molecule has 0 aliphatic carbocycles. The molecular weight excluding hydrogens is 380 g/mol. The van der Waals surface area contributed by atoms with E-state index in [2.05, 4.69) is 11.9 Å². The molecular formula is C20H34N2O7. The number of nitrogens with one attached hydrogen (secondary N) is 1. The Morgan fingerprint density at radius 1 is 1.34 bits per heavy atom. The van der Waals surface area contributed by atoms with Crippen LogP contribution >= 0.6 is 0 Å². The molecule has 0 spiro atoms. The lowest BCUT2D eigenvalue weighted by molar-refractivity contribution is -0.150. The third-order valence-corrected chi connectivity index (χ3v) is 4.44. The van der Waals surface area contributed by atoms with Gasteiger partial charge in [0, 0.05) is 19.6 Å². The number of ether oxygens (including phenoxy) is 2. The van der Waals surface area contributed by atoms with E-state index in [0.29, 0.717) is 19.4 Å². The molecule has 0 aromatic carbocycles. The molecule has 0 saturated carbocycles. The maximum Gasteiger partial charge on any atom is 0.408 e. The summed E-state index contributed by atoms with van der Waals surface area (Å²) in [5.74, 6) is -1.82. The molecule has 0 aromatic heterocycles. The largest absolute Gasteiger partial charge is 0.480 e. The Labute approximate surface area is 172 Å². The third-order valence-electron chi connectivity index (χ3n) is 4.44. The molecule has 9 heteroatoms. The molecule has 29 heavy (non-hydrogen) atoms. The second-order valence-electron chi connectivity index (χ2n) is 8.11. The van der Waals surface area contributed by atoms with E-state index in [4.69, 9.17) is 9.47 Å². The van der Waals surface area contributed by atoms with Crippen LogP contribution in [0.1, 0.15) is 53.4 Å². The number of hydrogen-bond donors (Lipinski definition) is 3. The lowest BCUT2D eigenvalue weighted by atomic mass is 10.1. The van der Waals surface area contributed by atoms with Gasteiger partial charge in [-0.3, -0.25) is 4.79 Å². The summed E-state index contributed by atoms with van der Waals surface area (Å²) in [6.07, 6.45) is 1.15. The van der Waals surface area contributed by atoms with Gasteiger partial charge in [-0.1, -0.05) is 13.0 Å². The molecule has 1 rings (SSSR count). The van der Waals surface area contributed by atoms with Crippen molar-refractivity contribution in [2.24, 2.45) is 0 Å². The molecule has 0 aromatic rings. The van der Waals surface area contributed by atoms with Crippen molar-refractivity contribution in [3.63, 3.8) is 0 Å². The molecule has 2 amide bonds. The van der Waals surface area contributed by atoms with Crippen LogP contribution in [0.4, 0.5) is 4.79 Å². The van der Waals surface area contributed by atoms with Crippen LogP contribution in [-0.4, -0.2) is 76.1 Å². The molecule has 4 atom stereocenters. The van der Waals surface area contributed by atoms with E-state index < -0.39 is 47.9 Å². The minimum absolute atomic E-state index is 0.0583. The highest BCUT2D eigenvalue weighted by Gasteiger charge is 2.43. The van der Waals surface area contributed by atoms with E-state index in [1.54, 1.807) is 26.8 Å². The van der Waals surface area contributed by atoms with Crippen LogP contribution in [0.5, 0.6) is 0 Å². The zero-order valence-corrected chi connectivity index (χ0v) is 17.7. The number of allylic oxidation sites excluding steroid dienone is 1. The van der Waals surface area contributed by atoms with Gasteiger partial charge in [0.15, 0.2) is 0 Å². The summed E-state index contributed by atoms with van der Waals surface area (Å²) in [6, 6.07) is -2.29. The number of rotatable bonds is 10. The lowest BCUT2D eigenvalue weighted by Crippen LogP contribution is -2.57. The predicted octanol–water partition coefficient (Wildman–Crippen LogP) is 1.69. The number of likely N-dealkylation sites (tertiary alicyclic amines) is 1. The van der Waals surface area contributed by atoms with E-state index in [1.165, 1.54) is 0 Å². The fourth-order valence-corrected chi connectivity index (χ4v) is 3.13. The highest BCUT2D eigenvalue weighted by atomic mass is 16.6. The van der Waals surface area contributed by atoms with E-state index in [0.717, 1.165) is 11.3 Å². The Morgan fingerprint density at radius 2 is 2.00 bits per heavy atom. The number of aliphatic hydroxyl groups excluding tert-OH is 1. The van der Waals surface area contributed by atoms with Gasteiger partial charge in [0.2, 0.25) is 5.91 Å². The Morgan fingerprint density at radius 3 is 2.52 bits per heavy atom. The maximum absolute atomic E-state index is 13.2. The smallest absolute Gasteiger partial charge is 0.408 e. The van der Waals surface area contributed by atoms with Gasteiger partial charge in [-0.05, 0) is 40.0 Å². The normalized spacial score (nSPS) is 21.3. The van der Waals surface area contributed by atoms with Crippen molar-refractivity contribution < 1.29 is 34.1 Å². The summed E-state index contributed by atoms with van der Waals surface area (Å²) in [4.78, 5) is 38.1. The van der Waals surface area contributed by atoms with Crippen molar-refractivity contribution in [3.8, 4) is 0 Å². The van der Waals surface area contributed by atoms with Crippen LogP contribution < -0.4 is 5.32 Å². The first kappa shape index (κ1) is 24.9. The molecule has 1 aliphatic rings. The predicted molar refractivity (Wildman–Crippen MR) is 106 cm³/mol. The van der Waals surface area contributed by atoms with Crippen LogP contribution in [0.25, 0.3) is 0 Å². The Bertz CT molecular complexity index is 588. The maximum atomic E-state index is 13.2. The average Bonchev–Trinajstić information content (AvgIpc) is 3.00. The lowest BCUT2D eigenvalue weighted by Gasteiger charge is -2.32. The highest BCUT2D eigenvalue weighted by Crippen LogP contribution is 2.21. The van der Waals surface area contributed by atoms with Gasteiger partial charge in [0.25, 0.3) is 0 Å². The van der Waals surface area contributed by atoms with Gasteiger partial charge in [-0.25, -0.2) is 9.59 Å². The van der Waals surface area contributed by atoms with Crippen molar-refractivity contribution in [2.75, 3.05) is 13.2 Å². The van der Waals surface area contributed by atoms with E-state index in [9.17, 15) is 24.6 Å². The SMILES string of the molecule is C=CCCCO[C@@H](CC)[C@H](NC(=O)OC(C)(C)C)C(=O)N1C[C@H](O)C[C@H]1C(=O)O. The summed E-state index contributed by atoms with van der Waals surface area (Å²) in [5.41, 5.74) is -0.766. The molecule has 0 bridgehead atoms. The number of carbonyl (C=O) groups is 3. The minimum atomic E-state index is -1.20. The fourth-order valence-electron chi connectivity index (χ4n) is 3.13. The topological polar surface area (TPSA) is 125 Å². The number of β-amino-alcohol motifs (C(OH)–C–C–N with tert-alkyl or cyclic N) is 1. The number of carbonyl (C=O) groups excluding carboxylic acids is 2. The number of unbranched alkanes of at least 4 members (excludes halogenated alkanes) is 1. The standard InChI is InChI=1S/C20H34N2O7/c1-6-8-9-10-28-15(7-2)16(21-19(27)29-20(3,4)5)17(24)22-12-13(23)11-14(22)18(25)26/h6,13-16,23H,1,7-12H2,2-5H3,(H,21,27)(H,25,26)/t13-,14+,15+,16+/m1/s1. The van der Waals surface area contributed by atoms with Gasteiger partial charge in [0.05, 0.1) is 12.2 Å². The van der Waals surface area contributed by atoms with Crippen LogP contribution in [0, 0.1) is 0 Å². The molecule has 9 nitrogen and oxygen atoms in total. The average molecular weight is 414 g/mol. The van der Waals surface area contributed by atoms with Crippen molar-refractivity contribution >= 4 is 18.0 Å². The number of amides is 2. The fraction of sp³-hybridized carbons (Fsp3) is 0.750. The van der Waals surface area contributed by atoms with E-state index in [1.807, 2.05) is 6.92 Å². The number of aliphatic hydroxyl groups is 1. The second-order valence-corrected chi connectivity index (χ2v) is 8.11. The summed E-state index contributed by atoms with van der Waals surface area (Å²) >= 11 is 0. The van der Waals surface area contributed by atoms with Crippen molar-refractivity contribution in [3.05, 3.63) is 12.7 Å². The second kappa shape index (κ2) is 11.2. The molecule has 3 N–H and O–H groups in total. The van der Waals surface area contributed by atoms with Crippen molar-refractivity contribution in [2.45, 2.75) is 83.3 Å². The third kappa shape index (κ3) is 8.02. The molecule has 1 aliphatic heterocycles. The van der Waals surface area contributed by atoms with Crippen LogP contribution in [0.2, 0.25) is 0 Å². The van der Waals surface area contributed by atoms with Gasteiger partial charge in [-0.2, -0.15) is 0 Å². The van der Waals surface area contributed by atoms with Crippen LogP contribution in [0.15, 0.2) is 12.7 Å². The molecule has 1 heterocycles. The number of carboxylic acid groups (broad SMARTS) is 1. The van der Waals surface area contributed by atoms with Gasteiger partial charge in [0.1, 0.15) is 17.7 Å². The quantitative estimate of drug-likeness (QED) is 0.367. The number of hydrogen-bond acceptors (Lipinski definition) is 6. The van der Waals surface area contributed by atoms with Crippen molar-refractivity contribution in [1.82, 2.24) is 10.2 Å². The zero-order chi connectivity index (χ0) is 22.2. The van der Waals surface area contributed by atoms with Crippen molar-refractivity contribution in [1.29, 1.82) is 0 Å². The minimum Gasteiger partial charge on any atom is -0.480 e. The van der Waals surface area contributed by atoms with E-state index in [-0.39, 0.29) is 13.0 Å². The number of nitrogens with zero attached hydrogens (tertiary/aromatic N) is 1. The zero-order valence-electron chi connectivity index (χ0n) is 17.7. The summed E-state index contributed by atoms with van der Waals surface area (Å²) in [6.45, 7) is 10.8. The van der Waals surface area contributed by atoms with Gasteiger partial charge in [-0.15, -0.1) is 6.58 Å². The summed E-state index contributed by atoms with van der Waals surface area (Å²) in [7, 11) is 0. The van der Waals surface area contributed by atoms with Crippen LogP contribution in [0.3, 0.4) is 0 Å². The van der Waals surface area contributed by atoms with Gasteiger partial charge < -0.3 is 29.9 Å². The first-order valence-corrected chi connectivity index (χ1v) is 9.93. The summed E-state index contributed by atoms with van der Waals surface area (Å²) in [5, 5.41) is 21.8. The van der Waals surface area contributed by atoms with E-state index >= 15 is 0 Å². The molecule has 0 unspecified atom stereocenters. The molecule has 0 radical (unpaired) electrons.